The van der Waals surface area contributed by atoms with E-state index in [0.29, 0.717) is 12.1 Å². The molecule has 0 radical (unpaired) electrons. The average molecular weight is 214 g/mol. The zero-order valence-corrected chi connectivity index (χ0v) is 8.34. The summed E-state index contributed by atoms with van der Waals surface area (Å²) in [7, 11) is 0. The third-order valence-electron chi connectivity index (χ3n) is 2.47. The van der Waals surface area contributed by atoms with Gasteiger partial charge in [-0.05, 0) is 13.0 Å². The van der Waals surface area contributed by atoms with Crippen molar-refractivity contribution in [3.05, 3.63) is 24.0 Å². The van der Waals surface area contributed by atoms with Gasteiger partial charge in [-0.3, -0.25) is 4.79 Å². The summed E-state index contributed by atoms with van der Waals surface area (Å²) in [6.45, 7) is 2.34. The molecule has 15 heavy (non-hydrogen) atoms. The molecule has 1 N–H and O–H groups in total. The van der Waals surface area contributed by atoms with Gasteiger partial charge in [0.1, 0.15) is 6.04 Å². The van der Waals surface area contributed by atoms with Gasteiger partial charge in [0.15, 0.2) is 0 Å². The molecule has 1 aromatic heterocycles. The quantitative estimate of drug-likeness (QED) is 0.818. The molecule has 1 heterocycles. The minimum atomic E-state index is -2.60. The van der Waals surface area contributed by atoms with Crippen molar-refractivity contribution in [3.8, 4) is 0 Å². The fourth-order valence-electron chi connectivity index (χ4n) is 1.53. The van der Waals surface area contributed by atoms with Crippen LogP contribution in [0.2, 0.25) is 0 Å². The van der Waals surface area contributed by atoms with E-state index < -0.39 is 12.0 Å². The van der Waals surface area contributed by atoms with Gasteiger partial charge in [0, 0.05) is 25.4 Å². The molecule has 2 rings (SSSR count). The number of alkyl halides is 2. The maximum Gasteiger partial charge on any atom is 0.270 e. The van der Waals surface area contributed by atoms with E-state index in [4.69, 9.17) is 0 Å². The average Bonchev–Trinajstić information content (AvgIpc) is 2.66. The summed E-state index contributed by atoms with van der Waals surface area (Å²) < 4.78 is 26.8. The molecule has 1 aliphatic rings. The van der Waals surface area contributed by atoms with E-state index in [1.807, 2.05) is 6.92 Å². The van der Waals surface area contributed by atoms with Crippen molar-refractivity contribution < 1.29 is 13.6 Å². The van der Waals surface area contributed by atoms with Crippen molar-refractivity contribution in [2.45, 2.75) is 25.3 Å². The number of amides is 1. The number of hydrogen-bond donors (Lipinski definition) is 1. The van der Waals surface area contributed by atoms with Crippen LogP contribution in [-0.2, 0) is 0 Å². The number of carbonyl (C=O) groups excluding carboxylic acids is 1. The predicted molar refractivity (Wildman–Crippen MR) is 51.0 cm³/mol. The van der Waals surface area contributed by atoms with E-state index in [0.717, 1.165) is 0 Å². The van der Waals surface area contributed by atoms with Crippen LogP contribution in [0.25, 0.3) is 0 Å². The Hall–Kier alpha value is -1.39. The second-order valence-electron chi connectivity index (χ2n) is 3.69. The van der Waals surface area contributed by atoms with Crippen LogP contribution in [0.5, 0.6) is 0 Å². The first kappa shape index (κ1) is 10.1. The van der Waals surface area contributed by atoms with Crippen LogP contribution in [0.15, 0.2) is 18.5 Å². The van der Waals surface area contributed by atoms with Crippen molar-refractivity contribution in [2.75, 3.05) is 6.54 Å². The van der Waals surface area contributed by atoms with Crippen LogP contribution >= 0.6 is 0 Å². The fourth-order valence-corrected chi connectivity index (χ4v) is 1.53. The third kappa shape index (κ3) is 1.86. The Labute approximate surface area is 86.1 Å². The molecule has 1 aliphatic carbocycles. The minimum Gasteiger partial charge on any atom is -0.352 e. The Morgan fingerprint density at radius 3 is 2.93 bits per heavy atom. The largest absolute Gasteiger partial charge is 0.352 e. The van der Waals surface area contributed by atoms with E-state index in [1.54, 1.807) is 6.07 Å². The van der Waals surface area contributed by atoms with Crippen LogP contribution in [0.1, 0.15) is 29.7 Å². The van der Waals surface area contributed by atoms with Gasteiger partial charge in [-0.15, -0.1) is 0 Å². The second kappa shape index (κ2) is 3.32. The Morgan fingerprint density at radius 2 is 2.40 bits per heavy atom. The lowest BCUT2D eigenvalue weighted by Crippen LogP contribution is -2.22. The first-order valence-corrected chi connectivity index (χ1v) is 4.88. The Bertz CT molecular complexity index is 387. The standard InChI is InChI=1S/C10H12F2N2O/c1-2-13-9(15)7-3-4-14(6-7)8-5-10(8,11)12/h3-4,6,8H,2,5H2,1H3,(H,13,15). The van der Waals surface area contributed by atoms with E-state index in [2.05, 4.69) is 5.32 Å². The molecule has 1 unspecified atom stereocenters. The van der Waals surface area contributed by atoms with E-state index in [1.165, 1.54) is 17.0 Å². The minimum absolute atomic E-state index is 0.128. The molecule has 5 heteroatoms. The summed E-state index contributed by atoms with van der Waals surface area (Å²) in [6, 6.07) is 0.792. The Balaban J connectivity index is 2.08. The lowest BCUT2D eigenvalue weighted by Gasteiger charge is -2.00. The molecule has 0 aliphatic heterocycles. The highest BCUT2D eigenvalue weighted by atomic mass is 19.3. The maximum absolute atomic E-state index is 12.7. The summed E-state index contributed by atoms with van der Waals surface area (Å²) in [5, 5.41) is 2.62. The summed E-state index contributed by atoms with van der Waals surface area (Å²) >= 11 is 0. The maximum atomic E-state index is 12.7. The number of halogens is 2. The van der Waals surface area contributed by atoms with Crippen molar-refractivity contribution in [2.24, 2.45) is 0 Å². The highest BCUT2D eigenvalue weighted by molar-refractivity contribution is 5.93. The van der Waals surface area contributed by atoms with Gasteiger partial charge >= 0.3 is 0 Å². The van der Waals surface area contributed by atoms with E-state index in [-0.39, 0.29) is 12.3 Å². The fraction of sp³-hybridized carbons (Fsp3) is 0.500. The molecular weight excluding hydrogens is 202 g/mol. The Kier molecular flexibility index (Phi) is 2.25. The molecule has 1 fully saturated rings. The van der Waals surface area contributed by atoms with Crippen molar-refractivity contribution in [1.29, 1.82) is 0 Å². The number of nitrogens with one attached hydrogen (secondary N) is 1. The molecule has 1 atom stereocenters. The zero-order valence-electron chi connectivity index (χ0n) is 8.34. The van der Waals surface area contributed by atoms with Crippen molar-refractivity contribution in [3.63, 3.8) is 0 Å². The normalized spacial score (nSPS) is 22.5. The number of nitrogens with zero attached hydrogens (tertiary/aromatic N) is 1. The van der Waals surface area contributed by atoms with Crippen LogP contribution in [-0.4, -0.2) is 22.9 Å². The first-order chi connectivity index (χ1) is 7.04. The van der Waals surface area contributed by atoms with Gasteiger partial charge in [0.25, 0.3) is 11.8 Å². The van der Waals surface area contributed by atoms with Gasteiger partial charge in [-0.1, -0.05) is 0 Å². The van der Waals surface area contributed by atoms with Crippen molar-refractivity contribution in [1.82, 2.24) is 9.88 Å². The summed E-state index contributed by atoms with van der Waals surface area (Å²) in [5.74, 6) is -2.82. The second-order valence-corrected chi connectivity index (χ2v) is 3.69. The van der Waals surface area contributed by atoms with Crippen LogP contribution in [0.3, 0.4) is 0 Å². The highest BCUT2D eigenvalue weighted by Gasteiger charge is 2.58. The zero-order chi connectivity index (χ0) is 11.1. The lowest BCUT2D eigenvalue weighted by atomic mass is 10.3. The van der Waals surface area contributed by atoms with Crippen LogP contribution in [0, 0.1) is 0 Å². The van der Waals surface area contributed by atoms with Gasteiger partial charge in [0.2, 0.25) is 0 Å². The first-order valence-electron chi connectivity index (χ1n) is 4.88. The molecular formula is C10H12F2N2O. The van der Waals surface area contributed by atoms with Gasteiger partial charge in [-0.25, -0.2) is 8.78 Å². The summed E-state index contributed by atoms with van der Waals surface area (Å²) in [4.78, 5) is 11.4. The summed E-state index contributed by atoms with van der Waals surface area (Å²) in [5.41, 5.74) is 0.430. The van der Waals surface area contributed by atoms with E-state index >= 15 is 0 Å². The monoisotopic (exact) mass is 214 g/mol. The highest BCUT2D eigenvalue weighted by Crippen LogP contribution is 2.52. The molecule has 0 bridgehead atoms. The Morgan fingerprint density at radius 1 is 1.73 bits per heavy atom. The van der Waals surface area contributed by atoms with Crippen molar-refractivity contribution >= 4 is 5.91 Å². The molecule has 0 aromatic carbocycles. The summed E-state index contributed by atoms with van der Waals surface area (Å²) in [6.07, 6.45) is 2.86. The smallest absolute Gasteiger partial charge is 0.270 e. The molecule has 1 aromatic rings. The molecule has 3 nitrogen and oxygen atoms in total. The van der Waals surface area contributed by atoms with Gasteiger partial charge in [-0.2, -0.15) is 0 Å². The molecule has 82 valence electrons. The third-order valence-corrected chi connectivity index (χ3v) is 2.47. The van der Waals surface area contributed by atoms with Crippen LogP contribution in [0.4, 0.5) is 8.78 Å². The lowest BCUT2D eigenvalue weighted by molar-refractivity contribution is 0.0949. The van der Waals surface area contributed by atoms with Crippen LogP contribution < -0.4 is 5.32 Å². The molecule has 1 saturated carbocycles. The number of aromatic nitrogens is 1. The number of hydrogen-bond acceptors (Lipinski definition) is 1. The molecule has 0 spiro atoms. The SMILES string of the molecule is CCNC(=O)c1ccn(C2CC2(F)F)c1. The van der Waals surface area contributed by atoms with Gasteiger partial charge in [0.05, 0.1) is 5.56 Å². The molecule has 1 amide bonds. The topological polar surface area (TPSA) is 34.0 Å². The molecule has 0 saturated heterocycles. The number of rotatable bonds is 3. The van der Waals surface area contributed by atoms with E-state index in [9.17, 15) is 13.6 Å². The van der Waals surface area contributed by atoms with Gasteiger partial charge < -0.3 is 9.88 Å². The predicted octanol–water partition coefficient (Wildman–Crippen LogP) is 1.82. The number of carbonyl (C=O) groups is 1.